The van der Waals surface area contributed by atoms with Gasteiger partial charge >= 0.3 is 5.97 Å². The van der Waals surface area contributed by atoms with Crippen LogP contribution in [0.2, 0.25) is 0 Å². The molecule has 2 unspecified atom stereocenters. The second kappa shape index (κ2) is 9.25. The van der Waals surface area contributed by atoms with Gasteiger partial charge in [0.2, 0.25) is 10.0 Å². The van der Waals surface area contributed by atoms with Gasteiger partial charge < -0.3 is 9.64 Å². The molecule has 2 fully saturated rings. The van der Waals surface area contributed by atoms with E-state index in [1.807, 2.05) is 0 Å². The topological polar surface area (TPSA) is 118 Å². The van der Waals surface area contributed by atoms with Gasteiger partial charge in [0, 0.05) is 25.7 Å². The van der Waals surface area contributed by atoms with Crippen molar-refractivity contribution in [1.29, 1.82) is 0 Å². The number of amides is 1. The number of sulfonamides is 1. The number of carbonyl (C=O) groups excluding carboxylic acids is 2. The lowest BCUT2D eigenvalue weighted by atomic mass is 10.2. The number of hydrogen-bond donors (Lipinski definition) is 0. The number of hydrogen-bond acceptors (Lipinski definition) is 7. The fraction of sp³-hybridized carbons (Fsp3) is 0.600. The summed E-state index contributed by atoms with van der Waals surface area (Å²) in [6.45, 7) is 4.48. The highest BCUT2D eigenvalue weighted by atomic mass is 32.2. The van der Waals surface area contributed by atoms with E-state index in [-0.39, 0.29) is 22.0 Å². The molecule has 0 radical (unpaired) electrons. The van der Waals surface area contributed by atoms with Crippen molar-refractivity contribution in [3.63, 3.8) is 0 Å². The standard InChI is InChI=1S/C20H28N2O7S2/c1-3-22(17-10-13-30(25,26)14-17)19(23)15(2)29-20(24)16-6-8-18(9-7-16)31(27,28)21-11-4-5-12-21/h6-9,15,17H,3-5,10-14H2,1-2H3. The van der Waals surface area contributed by atoms with E-state index < -0.39 is 43.9 Å². The van der Waals surface area contributed by atoms with E-state index in [1.165, 1.54) is 40.4 Å². The number of carbonyl (C=O) groups is 2. The summed E-state index contributed by atoms with van der Waals surface area (Å²) < 4.78 is 55.3. The Morgan fingerprint density at radius 3 is 2.32 bits per heavy atom. The monoisotopic (exact) mass is 472 g/mol. The first-order valence-electron chi connectivity index (χ1n) is 10.4. The molecule has 0 aromatic heterocycles. The Bertz CT molecular complexity index is 1030. The highest BCUT2D eigenvalue weighted by molar-refractivity contribution is 7.91. The molecule has 0 saturated carbocycles. The summed E-state index contributed by atoms with van der Waals surface area (Å²) in [7, 11) is -6.73. The molecule has 31 heavy (non-hydrogen) atoms. The number of ether oxygens (including phenoxy) is 1. The van der Waals surface area contributed by atoms with Gasteiger partial charge in [-0.1, -0.05) is 0 Å². The smallest absolute Gasteiger partial charge is 0.338 e. The minimum atomic E-state index is -3.58. The lowest BCUT2D eigenvalue weighted by molar-refractivity contribution is -0.141. The molecule has 1 aromatic carbocycles. The molecule has 9 nitrogen and oxygen atoms in total. The Morgan fingerprint density at radius 1 is 1.19 bits per heavy atom. The van der Waals surface area contributed by atoms with Crippen molar-refractivity contribution in [2.45, 2.75) is 50.2 Å². The summed E-state index contributed by atoms with van der Waals surface area (Å²) in [6.07, 6.45) is 0.938. The first kappa shape index (κ1) is 23.7. The average molecular weight is 473 g/mol. The van der Waals surface area contributed by atoms with Gasteiger partial charge in [-0.25, -0.2) is 21.6 Å². The molecule has 2 aliphatic heterocycles. The highest BCUT2D eigenvalue weighted by Crippen LogP contribution is 2.22. The zero-order valence-corrected chi connectivity index (χ0v) is 19.3. The minimum Gasteiger partial charge on any atom is -0.449 e. The van der Waals surface area contributed by atoms with Crippen molar-refractivity contribution in [3.05, 3.63) is 29.8 Å². The zero-order valence-electron chi connectivity index (χ0n) is 17.7. The van der Waals surface area contributed by atoms with E-state index in [4.69, 9.17) is 4.74 Å². The first-order chi connectivity index (χ1) is 14.5. The molecule has 172 valence electrons. The Hall–Kier alpha value is -1.98. The molecule has 0 spiro atoms. The molecule has 3 rings (SSSR count). The van der Waals surface area contributed by atoms with Gasteiger partial charge in [-0.05, 0) is 57.4 Å². The maximum Gasteiger partial charge on any atom is 0.338 e. The molecule has 2 atom stereocenters. The molecule has 2 heterocycles. The van der Waals surface area contributed by atoms with Crippen LogP contribution in [0, 0.1) is 0 Å². The second-order valence-corrected chi connectivity index (χ2v) is 12.0. The lowest BCUT2D eigenvalue weighted by Crippen LogP contribution is -2.46. The fourth-order valence-corrected chi connectivity index (χ4v) is 7.22. The van der Waals surface area contributed by atoms with Crippen molar-refractivity contribution in [2.24, 2.45) is 0 Å². The molecule has 2 aliphatic rings. The van der Waals surface area contributed by atoms with E-state index in [2.05, 4.69) is 0 Å². The van der Waals surface area contributed by atoms with Gasteiger partial charge in [-0.15, -0.1) is 0 Å². The third-order valence-corrected chi connectivity index (χ3v) is 9.36. The van der Waals surface area contributed by atoms with Crippen molar-refractivity contribution in [1.82, 2.24) is 9.21 Å². The Labute approximate surface area is 183 Å². The predicted molar refractivity (Wildman–Crippen MR) is 114 cm³/mol. The number of nitrogens with zero attached hydrogens (tertiary/aromatic N) is 2. The summed E-state index contributed by atoms with van der Waals surface area (Å²) in [5.74, 6) is -1.24. The molecule has 11 heteroatoms. The van der Waals surface area contributed by atoms with Crippen LogP contribution < -0.4 is 0 Å². The number of rotatable bonds is 7. The maximum atomic E-state index is 12.7. The summed E-state index contributed by atoms with van der Waals surface area (Å²) in [4.78, 5) is 26.7. The van der Waals surface area contributed by atoms with Crippen molar-refractivity contribution >= 4 is 31.7 Å². The van der Waals surface area contributed by atoms with Gasteiger partial charge in [0.1, 0.15) is 0 Å². The van der Waals surface area contributed by atoms with Gasteiger partial charge in [-0.3, -0.25) is 4.79 Å². The second-order valence-electron chi connectivity index (χ2n) is 7.86. The molecular weight excluding hydrogens is 444 g/mol. The lowest BCUT2D eigenvalue weighted by Gasteiger charge is -2.29. The van der Waals surface area contributed by atoms with Crippen LogP contribution in [0.5, 0.6) is 0 Å². The number of esters is 1. The quantitative estimate of drug-likeness (QED) is 0.544. The van der Waals surface area contributed by atoms with E-state index in [0.29, 0.717) is 26.1 Å². The zero-order chi connectivity index (χ0) is 22.8. The summed E-state index contributed by atoms with van der Waals surface area (Å²) >= 11 is 0. The number of sulfone groups is 1. The van der Waals surface area contributed by atoms with Crippen molar-refractivity contribution < 1.29 is 31.2 Å². The van der Waals surface area contributed by atoms with Crippen LogP contribution >= 0.6 is 0 Å². The predicted octanol–water partition coefficient (Wildman–Crippen LogP) is 1.05. The Kier molecular flexibility index (Phi) is 7.07. The van der Waals surface area contributed by atoms with Crippen LogP contribution in [-0.4, -0.2) is 81.2 Å². The normalized spacial score (nSPS) is 22.2. The van der Waals surface area contributed by atoms with E-state index >= 15 is 0 Å². The molecule has 2 saturated heterocycles. The van der Waals surface area contributed by atoms with E-state index in [9.17, 15) is 26.4 Å². The molecule has 0 aliphatic carbocycles. The third kappa shape index (κ3) is 5.27. The molecule has 0 N–H and O–H groups in total. The van der Waals surface area contributed by atoms with Crippen LogP contribution in [0.25, 0.3) is 0 Å². The van der Waals surface area contributed by atoms with Gasteiger partial charge in [-0.2, -0.15) is 4.31 Å². The largest absolute Gasteiger partial charge is 0.449 e. The Balaban J connectivity index is 1.64. The van der Waals surface area contributed by atoms with Crippen LogP contribution in [0.4, 0.5) is 0 Å². The molecular formula is C20H28N2O7S2. The Morgan fingerprint density at radius 2 is 1.81 bits per heavy atom. The highest BCUT2D eigenvalue weighted by Gasteiger charge is 2.36. The first-order valence-corrected chi connectivity index (χ1v) is 13.6. The van der Waals surface area contributed by atoms with Crippen LogP contribution in [0.3, 0.4) is 0 Å². The summed E-state index contributed by atoms with van der Waals surface area (Å²) in [5.41, 5.74) is 0.131. The van der Waals surface area contributed by atoms with Gasteiger partial charge in [0.15, 0.2) is 15.9 Å². The van der Waals surface area contributed by atoms with Crippen LogP contribution in [-0.2, 0) is 29.4 Å². The number of benzene rings is 1. The molecule has 1 amide bonds. The number of likely N-dealkylation sites (N-methyl/N-ethyl adjacent to an activating group) is 1. The van der Waals surface area contributed by atoms with Gasteiger partial charge in [0.05, 0.1) is 22.0 Å². The van der Waals surface area contributed by atoms with Crippen molar-refractivity contribution in [3.8, 4) is 0 Å². The SMILES string of the molecule is CCN(C(=O)C(C)OC(=O)c1ccc(S(=O)(=O)N2CCCC2)cc1)C1CCS(=O)(=O)C1. The minimum absolute atomic E-state index is 0.0439. The van der Waals surface area contributed by atoms with E-state index in [1.54, 1.807) is 6.92 Å². The van der Waals surface area contributed by atoms with E-state index in [0.717, 1.165) is 12.8 Å². The third-order valence-electron chi connectivity index (χ3n) is 5.70. The molecule has 0 bridgehead atoms. The van der Waals surface area contributed by atoms with Gasteiger partial charge in [0.25, 0.3) is 5.91 Å². The summed E-state index contributed by atoms with van der Waals surface area (Å²) in [6, 6.07) is 5.03. The summed E-state index contributed by atoms with van der Waals surface area (Å²) in [5, 5.41) is 0. The van der Waals surface area contributed by atoms with Crippen LogP contribution in [0.15, 0.2) is 29.2 Å². The maximum absolute atomic E-state index is 12.7. The molecule has 1 aromatic rings. The fourth-order valence-electron chi connectivity index (χ4n) is 3.97. The van der Waals surface area contributed by atoms with Crippen LogP contribution in [0.1, 0.15) is 43.5 Å². The average Bonchev–Trinajstić information content (AvgIpc) is 3.39. The van der Waals surface area contributed by atoms with Crippen molar-refractivity contribution in [2.75, 3.05) is 31.1 Å².